The van der Waals surface area contributed by atoms with Crippen molar-refractivity contribution in [3.8, 4) is 0 Å². The SMILES string of the molecule is CCC[C@H](O)[C@@H]1CC[C@H]([C@H](O)CCC2=C[C@H](C)OC2=O)O1. The molecule has 2 rings (SSSR count). The minimum atomic E-state index is -0.603. The molecule has 2 heterocycles. The van der Waals surface area contributed by atoms with Gasteiger partial charge in [-0.1, -0.05) is 13.3 Å². The van der Waals surface area contributed by atoms with Gasteiger partial charge in [-0.25, -0.2) is 4.79 Å². The lowest BCUT2D eigenvalue weighted by molar-refractivity contribution is -0.139. The number of cyclic esters (lactones) is 1. The number of aliphatic hydroxyl groups excluding tert-OH is 2. The lowest BCUT2D eigenvalue weighted by atomic mass is 10.0. The summed E-state index contributed by atoms with van der Waals surface area (Å²) < 4.78 is 10.8. The highest BCUT2D eigenvalue weighted by Gasteiger charge is 2.34. The van der Waals surface area contributed by atoms with Gasteiger partial charge in [0.15, 0.2) is 0 Å². The van der Waals surface area contributed by atoms with Crippen LogP contribution in [0, 0.1) is 0 Å². The molecule has 1 saturated heterocycles. The molecule has 0 aromatic heterocycles. The van der Waals surface area contributed by atoms with Crippen LogP contribution in [0.4, 0.5) is 0 Å². The number of hydrogen-bond acceptors (Lipinski definition) is 5. The van der Waals surface area contributed by atoms with Gasteiger partial charge in [-0.05, 0) is 45.1 Å². The van der Waals surface area contributed by atoms with E-state index in [-0.39, 0.29) is 24.3 Å². The number of carbonyl (C=O) groups excluding carboxylic acids is 1. The molecule has 0 aromatic rings. The van der Waals surface area contributed by atoms with E-state index in [2.05, 4.69) is 0 Å². The first-order valence-electron chi connectivity index (χ1n) is 7.94. The predicted molar refractivity (Wildman–Crippen MR) is 77.7 cm³/mol. The predicted octanol–water partition coefficient (Wildman–Crippen LogP) is 1.71. The van der Waals surface area contributed by atoms with E-state index in [1.54, 1.807) is 6.08 Å². The van der Waals surface area contributed by atoms with Crippen molar-refractivity contribution < 1.29 is 24.5 Å². The van der Waals surface area contributed by atoms with E-state index in [0.717, 1.165) is 25.7 Å². The molecular formula is C16H26O5. The first kappa shape index (κ1) is 16.5. The Morgan fingerprint density at radius 1 is 1.24 bits per heavy atom. The fourth-order valence-electron chi connectivity index (χ4n) is 3.04. The second kappa shape index (κ2) is 7.38. The van der Waals surface area contributed by atoms with Crippen molar-refractivity contribution in [2.24, 2.45) is 0 Å². The number of carbonyl (C=O) groups is 1. The van der Waals surface area contributed by atoms with Crippen molar-refractivity contribution in [3.63, 3.8) is 0 Å². The maximum Gasteiger partial charge on any atom is 0.334 e. The Balaban J connectivity index is 1.76. The monoisotopic (exact) mass is 298 g/mol. The van der Waals surface area contributed by atoms with Crippen LogP contribution < -0.4 is 0 Å². The van der Waals surface area contributed by atoms with Crippen LogP contribution in [0.25, 0.3) is 0 Å². The van der Waals surface area contributed by atoms with Gasteiger partial charge in [-0.15, -0.1) is 0 Å². The molecule has 0 saturated carbocycles. The van der Waals surface area contributed by atoms with Gasteiger partial charge in [0.25, 0.3) is 0 Å². The van der Waals surface area contributed by atoms with Gasteiger partial charge in [-0.2, -0.15) is 0 Å². The van der Waals surface area contributed by atoms with Gasteiger partial charge in [-0.3, -0.25) is 0 Å². The summed E-state index contributed by atoms with van der Waals surface area (Å²) in [6.07, 6.45) is 4.36. The van der Waals surface area contributed by atoms with E-state index in [1.165, 1.54) is 0 Å². The molecule has 0 radical (unpaired) electrons. The molecule has 2 aliphatic heterocycles. The maximum absolute atomic E-state index is 11.5. The fourth-order valence-corrected chi connectivity index (χ4v) is 3.04. The average Bonchev–Trinajstić information content (AvgIpc) is 3.03. The number of hydrogen-bond donors (Lipinski definition) is 2. The smallest absolute Gasteiger partial charge is 0.334 e. The summed E-state index contributed by atoms with van der Waals surface area (Å²) in [5.41, 5.74) is 0.641. The van der Waals surface area contributed by atoms with Crippen LogP contribution in [0.5, 0.6) is 0 Å². The molecule has 0 aliphatic carbocycles. The lowest BCUT2D eigenvalue weighted by Crippen LogP contribution is -2.31. The van der Waals surface area contributed by atoms with Crippen molar-refractivity contribution in [3.05, 3.63) is 11.6 Å². The largest absolute Gasteiger partial charge is 0.455 e. The molecule has 0 spiro atoms. The molecule has 21 heavy (non-hydrogen) atoms. The number of rotatable bonds is 7. The van der Waals surface area contributed by atoms with Gasteiger partial charge in [0.2, 0.25) is 0 Å². The molecule has 0 unspecified atom stereocenters. The Kier molecular flexibility index (Phi) is 5.79. The molecule has 2 N–H and O–H groups in total. The normalized spacial score (nSPS) is 31.9. The summed E-state index contributed by atoms with van der Waals surface area (Å²) in [4.78, 5) is 11.5. The number of aliphatic hydroxyl groups is 2. The van der Waals surface area contributed by atoms with Gasteiger partial charge in [0.1, 0.15) is 6.10 Å². The van der Waals surface area contributed by atoms with Crippen molar-refractivity contribution in [1.82, 2.24) is 0 Å². The first-order chi connectivity index (χ1) is 10.0. The molecule has 120 valence electrons. The van der Waals surface area contributed by atoms with Crippen molar-refractivity contribution >= 4 is 5.97 Å². The molecule has 0 aromatic carbocycles. The first-order valence-corrected chi connectivity index (χ1v) is 7.94. The highest BCUT2D eigenvalue weighted by atomic mass is 16.5. The average molecular weight is 298 g/mol. The van der Waals surface area contributed by atoms with Gasteiger partial charge in [0, 0.05) is 5.57 Å². The van der Waals surface area contributed by atoms with Gasteiger partial charge < -0.3 is 19.7 Å². The standard InChI is InChI=1S/C16H26O5/c1-3-4-12(17)14-7-8-15(21-14)13(18)6-5-11-9-10(2)20-16(11)19/h9-10,12-15,17-18H,3-8H2,1-2H3/t10-,12-,13+,14-,15+/m0/s1. The highest BCUT2D eigenvalue weighted by Crippen LogP contribution is 2.28. The van der Waals surface area contributed by atoms with Crippen LogP contribution in [0.3, 0.4) is 0 Å². The third-order valence-corrected chi connectivity index (χ3v) is 4.23. The van der Waals surface area contributed by atoms with Crippen LogP contribution in [0.2, 0.25) is 0 Å². The van der Waals surface area contributed by atoms with Gasteiger partial charge in [0.05, 0.1) is 24.4 Å². The lowest BCUT2D eigenvalue weighted by Gasteiger charge is -2.21. The van der Waals surface area contributed by atoms with E-state index in [4.69, 9.17) is 9.47 Å². The zero-order chi connectivity index (χ0) is 15.4. The molecule has 0 bridgehead atoms. The van der Waals surface area contributed by atoms with Crippen LogP contribution in [-0.2, 0) is 14.3 Å². The quantitative estimate of drug-likeness (QED) is 0.700. The Morgan fingerprint density at radius 3 is 2.38 bits per heavy atom. The third kappa shape index (κ3) is 4.28. The highest BCUT2D eigenvalue weighted by molar-refractivity contribution is 5.90. The van der Waals surface area contributed by atoms with Crippen molar-refractivity contribution in [2.45, 2.75) is 82.9 Å². The van der Waals surface area contributed by atoms with Crippen molar-refractivity contribution in [1.29, 1.82) is 0 Å². The molecule has 0 amide bonds. The minimum absolute atomic E-state index is 0.166. The van der Waals surface area contributed by atoms with E-state index in [9.17, 15) is 15.0 Å². The molecule has 5 heteroatoms. The summed E-state index contributed by atoms with van der Waals surface area (Å²) in [6, 6.07) is 0. The maximum atomic E-state index is 11.5. The Hall–Kier alpha value is -0.910. The zero-order valence-electron chi connectivity index (χ0n) is 12.8. The molecular weight excluding hydrogens is 272 g/mol. The molecule has 2 aliphatic rings. The van der Waals surface area contributed by atoms with E-state index in [0.29, 0.717) is 18.4 Å². The summed E-state index contributed by atoms with van der Waals surface area (Å²) in [6.45, 7) is 3.85. The number of ether oxygens (including phenoxy) is 2. The topological polar surface area (TPSA) is 76.0 Å². The summed E-state index contributed by atoms with van der Waals surface area (Å²) in [7, 11) is 0. The molecule has 1 fully saturated rings. The van der Waals surface area contributed by atoms with E-state index in [1.807, 2.05) is 13.8 Å². The van der Waals surface area contributed by atoms with Crippen LogP contribution in [0.15, 0.2) is 11.6 Å². The van der Waals surface area contributed by atoms with Gasteiger partial charge >= 0.3 is 5.97 Å². The molecule has 5 nitrogen and oxygen atoms in total. The Labute approximate surface area is 125 Å². The van der Waals surface area contributed by atoms with Crippen LogP contribution in [0.1, 0.15) is 52.4 Å². The minimum Gasteiger partial charge on any atom is -0.455 e. The Bertz CT molecular complexity index is 392. The number of esters is 1. The second-order valence-corrected chi connectivity index (χ2v) is 6.05. The summed E-state index contributed by atoms with van der Waals surface area (Å²) in [5.74, 6) is -0.279. The summed E-state index contributed by atoms with van der Waals surface area (Å²) >= 11 is 0. The molecule has 5 atom stereocenters. The van der Waals surface area contributed by atoms with E-state index < -0.39 is 12.2 Å². The fraction of sp³-hybridized carbons (Fsp3) is 0.812. The summed E-state index contributed by atoms with van der Waals surface area (Å²) in [5, 5.41) is 20.1. The van der Waals surface area contributed by atoms with E-state index >= 15 is 0 Å². The zero-order valence-corrected chi connectivity index (χ0v) is 12.8. The van der Waals surface area contributed by atoms with Crippen LogP contribution in [-0.4, -0.2) is 46.7 Å². The second-order valence-electron chi connectivity index (χ2n) is 6.05. The Morgan fingerprint density at radius 2 is 1.86 bits per heavy atom. The van der Waals surface area contributed by atoms with Crippen LogP contribution >= 0.6 is 0 Å². The third-order valence-electron chi connectivity index (χ3n) is 4.23. The van der Waals surface area contributed by atoms with Crippen molar-refractivity contribution in [2.75, 3.05) is 0 Å².